The van der Waals surface area contributed by atoms with Gasteiger partial charge in [-0.2, -0.15) is 0 Å². The molecular formula is C11H10N2O2S. The number of carbonyl (C=O) groups excluding carboxylic acids is 1. The molecule has 0 aliphatic carbocycles. The molecular weight excluding hydrogens is 224 g/mol. The molecule has 0 aromatic carbocycles. The largest absolute Gasteiger partial charge is 0.456 e. The molecule has 2 heterocycles. The molecule has 0 radical (unpaired) electrons. The molecule has 4 nitrogen and oxygen atoms in total. The van der Waals surface area contributed by atoms with E-state index in [2.05, 4.69) is 4.98 Å². The summed E-state index contributed by atoms with van der Waals surface area (Å²) in [4.78, 5) is 16.4. The van der Waals surface area contributed by atoms with Crippen LogP contribution < -0.4 is 5.73 Å². The van der Waals surface area contributed by atoms with Gasteiger partial charge in [-0.05, 0) is 23.6 Å². The van der Waals surface area contributed by atoms with Crippen molar-refractivity contribution in [1.29, 1.82) is 0 Å². The smallest absolute Gasteiger partial charge is 0.338 e. The summed E-state index contributed by atoms with van der Waals surface area (Å²) in [5.41, 5.74) is 5.89. The number of hydrogen-bond acceptors (Lipinski definition) is 5. The van der Waals surface area contributed by atoms with Gasteiger partial charge < -0.3 is 10.5 Å². The average molecular weight is 234 g/mol. The van der Waals surface area contributed by atoms with Gasteiger partial charge in [0.1, 0.15) is 12.4 Å². The van der Waals surface area contributed by atoms with E-state index in [-0.39, 0.29) is 5.97 Å². The fraction of sp³-hybridized carbons (Fsp3) is 0.0909. The Morgan fingerprint density at radius 1 is 1.50 bits per heavy atom. The van der Waals surface area contributed by atoms with E-state index < -0.39 is 0 Å². The van der Waals surface area contributed by atoms with E-state index >= 15 is 0 Å². The van der Waals surface area contributed by atoms with Crippen LogP contribution in [-0.2, 0) is 11.3 Å². The van der Waals surface area contributed by atoms with Crippen LogP contribution in [0.25, 0.3) is 0 Å². The summed E-state index contributed by atoms with van der Waals surface area (Å²) in [5.74, 6) is -0.0759. The highest BCUT2D eigenvalue weighted by Crippen LogP contribution is 2.12. The van der Waals surface area contributed by atoms with Gasteiger partial charge in [0.15, 0.2) is 0 Å². The van der Waals surface area contributed by atoms with Crippen molar-refractivity contribution in [2.45, 2.75) is 6.61 Å². The van der Waals surface area contributed by atoms with Gasteiger partial charge in [-0.15, -0.1) is 11.3 Å². The number of nitrogens with two attached hydrogens (primary N) is 1. The molecule has 16 heavy (non-hydrogen) atoms. The maximum absolute atomic E-state index is 11.6. The first kappa shape index (κ1) is 10.6. The summed E-state index contributed by atoms with van der Waals surface area (Å²) >= 11 is 1.55. The number of ether oxygens (including phenoxy) is 1. The SMILES string of the molecule is Nc1cc(C(=O)OCc2cccs2)ccn1. The van der Waals surface area contributed by atoms with Crippen LogP contribution in [0.2, 0.25) is 0 Å². The molecule has 0 saturated heterocycles. The van der Waals surface area contributed by atoms with Crippen LogP contribution in [0.15, 0.2) is 35.8 Å². The first-order chi connectivity index (χ1) is 7.75. The second-order valence-electron chi connectivity index (χ2n) is 3.12. The summed E-state index contributed by atoms with van der Waals surface area (Å²) < 4.78 is 5.12. The van der Waals surface area contributed by atoms with Gasteiger partial charge in [0.25, 0.3) is 0 Å². The normalized spacial score (nSPS) is 10.0. The van der Waals surface area contributed by atoms with Crippen LogP contribution in [0.4, 0.5) is 5.82 Å². The number of thiophene rings is 1. The minimum absolute atomic E-state index is 0.290. The fourth-order valence-corrected chi connectivity index (χ4v) is 1.81. The Bertz CT molecular complexity index is 482. The summed E-state index contributed by atoms with van der Waals surface area (Å²) in [7, 11) is 0. The molecule has 5 heteroatoms. The van der Waals surface area contributed by atoms with Crippen molar-refractivity contribution in [3.05, 3.63) is 46.3 Å². The number of anilines is 1. The van der Waals surface area contributed by atoms with E-state index in [0.29, 0.717) is 18.0 Å². The van der Waals surface area contributed by atoms with E-state index in [0.717, 1.165) is 4.88 Å². The van der Waals surface area contributed by atoms with Crippen LogP contribution in [0.1, 0.15) is 15.2 Å². The Morgan fingerprint density at radius 3 is 3.06 bits per heavy atom. The zero-order chi connectivity index (χ0) is 11.4. The topological polar surface area (TPSA) is 65.2 Å². The van der Waals surface area contributed by atoms with Gasteiger partial charge in [-0.1, -0.05) is 6.07 Å². The van der Waals surface area contributed by atoms with Crippen molar-refractivity contribution in [2.24, 2.45) is 0 Å². The van der Waals surface area contributed by atoms with Crippen molar-refractivity contribution >= 4 is 23.1 Å². The molecule has 2 rings (SSSR count). The zero-order valence-corrected chi connectivity index (χ0v) is 9.24. The van der Waals surface area contributed by atoms with Gasteiger partial charge in [-0.3, -0.25) is 0 Å². The van der Waals surface area contributed by atoms with E-state index in [1.165, 1.54) is 12.3 Å². The van der Waals surface area contributed by atoms with Gasteiger partial charge in [0.2, 0.25) is 0 Å². The van der Waals surface area contributed by atoms with E-state index in [9.17, 15) is 4.79 Å². The molecule has 0 spiro atoms. The van der Waals surface area contributed by atoms with Crippen molar-refractivity contribution in [3.63, 3.8) is 0 Å². The van der Waals surface area contributed by atoms with Gasteiger partial charge in [0.05, 0.1) is 5.56 Å². The number of pyridine rings is 1. The van der Waals surface area contributed by atoms with Crippen molar-refractivity contribution < 1.29 is 9.53 Å². The van der Waals surface area contributed by atoms with Crippen LogP contribution in [0.3, 0.4) is 0 Å². The van der Waals surface area contributed by atoms with Crippen molar-refractivity contribution in [1.82, 2.24) is 4.98 Å². The first-order valence-corrected chi connectivity index (χ1v) is 5.55. The molecule has 2 aromatic rings. The third kappa shape index (κ3) is 2.58. The molecule has 2 aromatic heterocycles. The minimum atomic E-state index is -0.387. The minimum Gasteiger partial charge on any atom is -0.456 e. The van der Waals surface area contributed by atoms with E-state index in [1.54, 1.807) is 17.4 Å². The highest BCUT2D eigenvalue weighted by atomic mass is 32.1. The van der Waals surface area contributed by atoms with Crippen molar-refractivity contribution in [2.75, 3.05) is 5.73 Å². The van der Waals surface area contributed by atoms with Gasteiger partial charge in [0, 0.05) is 11.1 Å². The maximum Gasteiger partial charge on any atom is 0.338 e. The average Bonchev–Trinajstić information content (AvgIpc) is 2.78. The number of carbonyl (C=O) groups is 1. The third-order valence-corrected chi connectivity index (χ3v) is 2.79. The highest BCUT2D eigenvalue weighted by molar-refractivity contribution is 7.09. The van der Waals surface area contributed by atoms with Crippen molar-refractivity contribution in [3.8, 4) is 0 Å². The third-order valence-electron chi connectivity index (χ3n) is 1.94. The predicted octanol–water partition coefficient (Wildman–Crippen LogP) is 2.08. The predicted molar refractivity (Wildman–Crippen MR) is 62.1 cm³/mol. The van der Waals surface area contributed by atoms with Gasteiger partial charge >= 0.3 is 5.97 Å². The Labute approximate surface area is 96.7 Å². The monoisotopic (exact) mass is 234 g/mol. The molecule has 0 amide bonds. The van der Waals surface area contributed by atoms with Crippen LogP contribution in [0, 0.1) is 0 Å². The van der Waals surface area contributed by atoms with E-state index in [1.807, 2.05) is 17.5 Å². The number of esters is 1. The van der Waals surface area contributed by atoms with E-state index in [4.69, 9.17) is 10.5 Å². The zero-order valence-electron chi connectivity index (χ0n) is 8.42. The standard InChI is InChI=1S/C11H10N2O2S/c12-10-6-8(3-4-13-10)11(14)15-7-9-2-1-5-16-9/h1-6H,7H2,(H2,12,13). The number of hydrogen-bond donors (Lipinski definition) is 1. The molecule has 0 aliphatic heterocycles. The highest BCUT2D eigenvalue weighted by Gasteiger charge is 2.07. The quantitative estimate of drug-likeness (QED) is 0.826. The Hall–Kier alpha value is -1.88. The second-order valence-corrected chi connectivity index (χ2v) is 4.16. The molecule has 0 bridgehead atoms. The van der Waals surface area contributed by atoms with Crippen LogP contribution in [0.5, 0.6) is 0 Å². The van der Waals surface area contributed by atoms with Crippen LogP contribution >= 0.6 is 11.3 Å². The van der Waals surface area contributed by atoms with Crippen LogP contribution in [-0.4, -0.2) is 11.0 Å². The number of nitrogens with zero attached hydrogens (tertiary/aromatic N) is 1. The molecule has 0 saturated carbocycles. The summed E-state index contributed by atoms with van der Waals surface area (Å²) in [6, 6.07) is 6.90. The molecule has 0 aliphatic rings. The fourth-order valence-electron chi connectivity index (χ4n) is 1.19. The lowest BCUT2D eigenvalue weighted by Crippen LogP contribution is -2.05. The lowest BCUT2D eigenvalue weighted by molar-refractivity contribution is 0.0477. The number of nitrogen functional groups attached to an aromatic ring is 1. The maximum atomic E-state index is 11.6. The number of aromatic nitrogens is 1. The molecule has 0 atom stereocenters. The Balaban J connectivity index is 1.98. The lowest BCUT2D eigenvalue weighted by atomic mass is 10.2. The summed E-state index contributed by atoms with van der Waals surface area (Å²) in [6.45, 7) is 0.290. The summed E-state index contributed by atoms with van der Waals surface area (Å²) in [5, 5.41) is 1.94. The molecule has 0 fully saturated rings. The Kier molecular flexibility index (Phi) is 3.16. The molecule has 82 valence electrons. The lowest BCUT2D eigenvalue weighted by Gasteiger charge is -2.03. The molecule has 2 N–H and O–H groups in total. The first-order valence-electron chi connectivity index (χ1n) is 4.67. The number of rotatable bonds is 3. The second kappa shape index (κ2) is 4.76. The summed E-state index contributed by atoms with van der Waals surface area (Å²) in [6.07, 6.45) is 1.48. The molecule has 0 unspecified atom stereocenters. The Morgan fingerprint density at radius 2 is 2.38 bits per heavy atom. The van der Waals surface area contributed by atoms with Gasteiger partial charge in [-0.25, -0.2) is 9.78 Å².